The van der Waals surface area contributed by atoms with E-state index >= 15 is 0 Å². The van der Waals surface area contributed by atoms with E-state index in [1.165, 1.54) is 24.3 Å². The number of carbonyl (C=O) groups is 3. The number of rotatable bonds is 9. The maximum Gasteiger partial charge on any atom is 0.251 e. The van der Waals surface area contributed by atoms with Crippen LogP contribution in [0.1, 0.15) is 47.6 Å². The lowest BCUT2D eigenvalue weighted by molar-refractivity contribution is -0.119. The van der Waals surface area contributed by atoms with Crippen molar-refractivity contribution in [2.24, 2.45) is 0 Å². The van der Waals surface area contributed by atoms with Gasteiger partial charge in [-0.1, -0.05) is 11.6 Å². The zero-order valence-electron chi connectivity index (χ0n) is 19.7. The second-order valence-corrected chi connectivity index (χ2v) is 8.55. The molecule has 1 aromatic heterocycles. The number of nitrogens with one attached hydrogen (secondary N) is 3. The summed E-state index contributed by atoms with van der Waals surface area (Å²) in [5.41, 5.74) is 2.97. The molecule has 10 heteroatoms. The SMILES string of the molecule is Cc1cc(C)n(C(C)C(=O)Nc2ccc(NC(=O)CCCNC(=O)c3ccc(F)cc3)cc2Cl)n1. The summed E-state index contributed by atoms with van der Waals surface area (Å²) in [5, 5.41) is 12.8. The zero-order chi connectivity index (χ0) is 25.5. The molecule has 2 aromatic carbocycles. The summed E-state index contributed by atoms with van der Waals surface area (Å²) in [4.78, 5) is 36.9. The monoisotopic (exact) mass is 499 g/mol. The first-order chi connectivity index (χ1) is 16.6. The van der Waals surface area contributed by atoms with Crippen molar-refractivity contribution in [3.05, 3.63) is 76.3 Å². The predicted molar refractivity (Wildman–Crippen MR) is 133 cm³/mol. The van der Waals surface area contributed by atoms with E-state index in [9.17, 15) is 18.8 Å². The summed E-state index contributed by atoms with van der Waals surface area (Å²) in [5.74, 6) is -1.26. The van der Waals surface area contributed by atoms with Crippen molar-refractivity contribution < 1.29 is 18.8 Å². The molecule has 35 heavy (non-hydrogen) atoms. The second kappa shape index (κ2) is 11.6. The van der Waals surface area contributed by atoms with Crippen LogP contribution in [0.15, 0.2) is 48.5 Å². The summed E-state index contributed by atoms with van der Waals surface area (Å²) in [6, 6.07) is 11.4. The van der Waals surface area contributed by atoms with E-state index < -0.39 is 11.9 Å². The third-order valence-corrected chi connectivity index (χ3v) is 5.59. The van der Waals surface area contributed by atoms with Crippen LogP contribution in [0.2, 0.25) is 5.02 Å². The summed E-state index contributed by atoms with van der Waals surface area (Å²) < 4.78 is 14.6. The first kappa shape index (κ1) is 25.9. The molecule has 0 aliphatic rings. The van der Waals surface area contributed by atoms with Crippen LogP contribution in [0.25, 0.3) is 0 Å². The standard InChI is InChI=1S/C25H27ClFN5O3/c1-15-13-16(2)32(31-15)17(3)24(34)30-22-11-10-20(14-21(22)26)29-23(33)5-4-12-28-25(35)18-6-8-19(27)9-7-18/h6-11,13-14,17H,4-5,12H2,1-3H3,(H,28,35)(H,29,33)(H,30,34). The van der Waals surface area contributed by atoms with Gasteiger partial charge in [-0.25, -0.2) is 4.39 Å². The largest absolute Gasteiger partial charge is 0.352 e. The van der Waals surface area contributed by atoms with E-state index in [-0.39, 0.29) is 29.2 Å². The molecule has 0 radical (unpaired) electrons. The molecular formula is C25H27ClFN5O3. The molecule has 0 spiro atoms. The molecule has 0 aliphatic carbocycles. The Hall–Kier alpha value is -3.72. The van der Waals surface area contributed by atoms with Gasteiger partial charge in [0.1, 0.15) is 11.9 Å². The van der Waals surface area contributed by atoms with Crippen molar-refractivity contribution in [1.29, 1.82) is 0 Å². The van der Waals surface area contributed by atoms with Gasteiger partial charge >= 0.3 is 0 Å². The maximum absolute atomic E-state index is 12.9. The Bertz CT molecular complexity index is 1230. The topological polar surface area (TPSA) is 105 Å². The molecule has 3 amide bonds. The summed E-state index contributed by atoms with van der Waals surface area (Å²) in [7, 11) is 0. The fourth-order valence-electron chi connectivity index (χ4n) is 3.46. The maximum atomic E-state index is 12.9. The van der Waals surface area contributed by atoms with Crippen LogP contribution in [0.4, 0.5) is 15.8 Å². The van der Waals surface area contributed by atoms with E-state index in [1.54, 1.807) is 29.8 Å². The molecule has 184 valence electrons. The van der Waals surface area contributed by atoms with Gasteiger partial charge in [0.15, 0.2) is 0 Å². The average Bonchev–Trinajstić information content (AvgIpc) is 3.16. The van der Waals surface area contributed by atoms with Crippen LogP contribution >= 0.6 is 11.6 Å². The minimum absolute atomic E-state index is 0.181. The van der Waals surface area contributed by atoms with Crippen molar-refractivity contribution in [2.75, 3.05) is 17.2 Å². The Morgan fingerprint density at radius 3 is 2.40 bits per heavy atom. The Morgan fingerprint density at radius 1 is 1.06 bits per heavy atom. The van der Waals surface area contributed by atoms with Gasteiger partial charge < -0.3 is 16.0 Å². The number of aryl methyl sites for hydroxylation is 2. The lowest BCUT2D eigenvalue weighted by Gasteiger charge is -2.16. The quantitative estimate of drug-likeness (QED) is 0.373. The smallest absolute Gasteiger partial charge is 0.251 e. The van der Waals surface area contributed by atoms with Crippen molar-refractivity contribution in [1.82, 2.24) is 15.1 Å². The molecular weight excluding hydrogens is 473 g/mol. The molecule has 1 heterocycles. The van der Waals surface area contributed by atoms with Gasteiger partial charge in [0.05, 0.1) is 16.4 Å². The molecule has 8 nitrogen and oxygen atoms in total. The van der Waals surface area contributed by atoms with Gasteiger partial charge in [-0.05, 0) is 75.7 Å². The number of anilines is 2. The Kier molecular flexibility index (Phi) is 8.59. The van der Waals surface area contributed by atoms with Gasteiger partial charge in [0.25, 0.3) is 5.91 Å². The number of nitrogens with zero attached hydrogens (tertiary/aromatic N) is 2. The first-order valence-electron chi connectivity index (χ1n) is 11.1. The van der Waals surface area contributed by atoms with Crippen LogP contribution < -0.4 is 16.0 Å². The van der Waals surface area contributed by atoms with Gasteiger partial charge in [-0.2, -0.15) is 5.10 Å². The molecule has 0 saturated heterocycles. The van der Waals surface area contributed by atoms with Crippen LogP contribution in [0.3, 0.4) is 0 Å². The Balaban J connectivity index is 1.46. The van der Waals surface area contributed by atoms with E-state index in [2.05, 4.69) is 21.0 Å². The molecule has 0 fully saturated rings. The third-order valence-electron chi connectivity index (χ3n) is 5.27. The van der Waals surface area contributed by atoms with Crippen molar-refractivity contribution >= 4 is 40.7 Å². The normalized spacial score (nSPS) is 11.6. The molecule has 0 bridgehead atoms. The molecule has 0 saturated carbocycles. The van der Waals surface area contributed by atoms with Crippen LogP contribution in [0.5, 0.6) is 0 Å². The summed E-state index contributed by atoms with van der Waals surface area (Å²) >= 11 is 6.31. The number of benzene rings is 2. The van der Waals surface area contributed by atoms with Crippen molar-refractivity contribution in [3.8, 4) is 0 Å². The number of aromatic nitrogens is 2. The van der Waals surface area contributed by atoms with Gasteiger partial charge in [0.2, 0.25) is 11.8 Å². The van der Waals surface area contributed by atoms with Crippen molar-refractivity contribution in [3.63, 3.8) is 0 Å². The molecule has 0 aliphatic heterocycles. The minimum Gasteiger partial charge on any atom is -0.352 e. The number of amides is 3. The lowest BCUT2D eigenvalue weighted by atomic mass is 10.2. The van der Waals surface area contributed by atoms with E-state index in [0.29, 0.717) is 29.9 Å². The number of halogens is 2. The fourth-order valence-corrected chi connectivity index (χ4v) is 3.69. The van der Waals surface area contributed by atoms with E-state index in [1.807, 2.05) is 19.9 Å². The van der Waals surface area contributed by atoms with Gasteiger partial charge in [-0.15, -0.1) is 0 Å². The highest BCUT2D eigenvalue weighted by molar-refractivity contribution is 6.34. The molecule has 1 unspecified atom stereocenters. The van der Waals surface area contributed by atoms with Crippen LogP contribution in [-0.4, -0.2) is 34.0 Å². The predicted octanol–water partition coefficient (Wildman–Crippen LogP) is 4.64. The van der Waals surface area contributed by atoms with Gasteiger partial charge in [0, 0.05) is 29.9 Å². The van der Waals surface area contributed by atoms with Crippen molar-refractivity contribution in [2.45, 2.75) is 39.7 Å². The lowest BCUT2D eigenvalue weighted by Crippen LogP contribution is -2.25. The third kappa shape index (κ3) is 7.13. The zero-order valence-corrected chi connectivity index (χ0v) is 20.4. The van der Waals surface area contributed by atoms with E-state index in [0.717, 1.165) is 11.4 Å². The number of hydrogen-bond acceptors (Lipinski definition) is 4. The molecule has 3 aromatic rings. The van der Waals surface area contributed by atoms with Crippen LogP contribution in [0, 0.1) is 19.7 Å². The summed E-state index contributed by atoms with van der Waals surface area (Å²) in [6.07, 6.45) is 0.602. The number of carbonyl (C=O) groups excluding carboxylic acids is 3. The van der Waals surface area contributed by atoms with E-state index in [4.69, 9.17) is 11.6 Å². The van der Waals surface area contributed by atoms with Crippen LogP contribution in [-0.2, 0) is 9.59 Å². The first-order valence-corrected chi connectivity index (χ1v) is 11.5. The average molecular weight is 500 g/mol. The summed E-state index contributed by atoms with van der Waals surface area (Å²) in [6.45, 7) is 5.79. The highest BCUT2D eigenvalue weighted by atomic mass is 35.5. The highest BCUT2D eigenvalue weighted by Gasteiger charge is 2.19. The molecule has 3 rings (SSSR count). The molecule has 1 atom stereocenters. The number of hydrogen-bond donors (Lipinski definition) is 3. The minimum atomic E-state index is -0.525. The highest BCUT2D eigenvalue weighted by Crippen LogP contribution is 2.26. The Morgan fingerprint density at radius 2 is 1.77 bits per heavy atom. The second-order valence-electron chi connectivity index (χ2n) is 8.15. The molecule has 3 N–H and O–H groups in total. The fraction of sp³-hybridized carbons (Fsp3) is 0.280. The Labute approximate surface area is 207 Å². The van der Waals surface area contributed by atoms with Gasteiger partial charge in [-0.3, -0.25) is 19.1 Å².